The molecule has 0 saturated carbocycles. The van der Waals surface area contributed by atoms with Crippen LogP contribution >= 0.6 is 22.9 Å². The second-order valence-corrected chi connectivity index (χ2v) is 6.50. The predicted molar refractivity (Wildman–Crippen MR) is 76.8 cm³/mol. The van der Waals surface area contributed by atoms with Gasteiger partial charge in [-0.05, 0) is 32.9 Å². The van der Waals surface area contributed by atoms with Gasteiger partial charge in [0.05, 0.1) is 5.54 Å². The first-order valence-electron chi connectivity index (χ1n) is 5.71. The van der Waals surface area contributed by atoms with E-state index in [9.17, 15) is 0 Å². The van der Waals surface area contributed by atoms with Gasteiger partial charge >= 0.3 is 0 Å². The van der Waals surface area contributed by atoms with E-state index in [1.807, 2.05) is 36.0 Å². The lowest BCUT2D eigenvalue weighted by Crippen LogP contribution is -2.20. The van der Waals surface area contributed by atoms with E-state index in [0.717, 1.165) is 20.4 Å². The molecule has 0 atom stereocenters. The van der Waals surface area contributed by atoms with Gasteiger partial charge in [0.2, 0.25) is 4.80 Å². The summed E-state index contributed by atoms with van der Waals surface area (Å²) in [6, 6.07) is 7.70. The second kappa shape index (κ2) is 4.86. The molecule has 18 heavy (non-hydrogen) atoms. The SMILES string of the molecule is Cn1nc(-c2ccc(Cl)cc2)s/c1=N\C(C)(C)C. The molecule has 0 aliphatic carbocycles. The van der Waals surface area contributed by atoms with Crippen LogP contribution in [-0.2, 0) is 7.05 Å². The van der Waals surface area contributed by atoms with Crippen molar-refractivity contribution in [1.82, 2.24) is 9.78 Å². The molecule has 2 rings (SSSR count). The number of hydrogen-bond acceptors (Lipinski definition) is 3. The maximum absolute atomic E-state index is 5.88. The Balaban J connectivity index is 2.47. The average Bonchev–Trinajstić information content (AvgIpc) is 2.59. The Hall–Kier alpha value is -1.13. The van der Waals surface area contributed by atoms with Crippen LogP contribution in [-0.4, -0.2) is 15.3 Å². The van der Waals surface area contributed by atoms with Crippen molar-refractivity contribution in [2.45, 2.75) is 26.3 Å². The van der Waals surface area contributed by atoms with Crippen molar-refractivity contribution < 1.29 is 0 Å². The minimum atomic E-state index is -0.0957. The normalized spacial score (nSPS) is 13.1. The highest BCUT2D eigenvalue weighted by molar-refractivity contribution is 7.12. The summed E-state index contributed by atoms with van der Waals surface area (Å²) in [5.74, 6) is 0. The second-order valence-electron chi connectivity index (χ2n) is 5.10. The number of hydrogen-bond donors (Lipinski definition) is 0. The molecule has 0 bridgehead atoms. The Bertz CT molecular complexity index is 602. The van der Waals surface area contributed by atoms with Crippen molar-refractivity contribution in [3.63, 3.8) is 0 Å². The van der Waals surface area contributed by atoms with E-state index in [4.69, 9.17) is 11.6 Å². The molecule has 5 heteroatoms. The van der Waals surface area contributed by atoms with Crippen LogP contribution in [0.2, 0.25) is 5.02 Å². The average molecular weight is 282 g/mol. The number of aryl methyl sites for hydroxylation is 1. The lowest BCUT2D eigenvalue weighted by atomic mass is 10.1. The monoisotopic (exact) mass is 281 g/mol. The molecule has 0 spiro atoms. The van der Waals surface area contributed by atoms with Crippen molar-refractivity contribution in [3.8, 4) is 10.6 Å². The zero-order valence-electron chi connectivity index (χ0n) is 10.9. The maximum Gasteiger partial charge on any atom is 0.203 e. The molecule has 0 unspecified atom stereocenters. The summed E-state index contributed by atoms with van der Waals surface area (Å²) in [5.41, 5.74) is 0.969. The van der Waals surface area contributed by atoms with Crippen LogP contribution in [0.4, 0.5) is 0 Å². The quantitative estimate of drug-likeness (QED) is 0.787. The van der Waals surface area contributed by atoms with Crippen molar-refractivity contribution in [3.05, 3.63) is 34.1 Å². The number of aromatic nitrogens is 2. The first-order valence-corrected chi connectivity index (χ1v) is 6.90. The number of rotatable bonds is 1. The Labute approximate surface area is 116 Å². The van der Waals surface area contributed by atoms with Gasteiger partial charge in [-0.15, -0.1) is 0 Å². The zero-order chi connectivity index (χ0) is 13.3. The van der Waals surface area contributed by atoms with E-state index in [1.54, 1.807) is 11.3 Å². The summed E-state index contributed by atoms with van der Waals surface area (Å²) in [6.07, 6.45) is 0. The molecule has 0 amide bonds. The van der Waals surface area contributed by atoms with Crippen molar-refractivity contribution in [2.24, 2.45) is 12.0 Å². The van der Waals surface area contributed by atoms with E-state index in [1.165, 1.54) is 0 Å². The molecule has 0 N–H and O–H groups in total. The zero-order valence-corrected chi connectivity index (χ0v) is 12.5. The summed E-state index contributed by atoms with van der Waals surface area (Å²) in [7, 11) is 1.92. The van der Waals surface area contributed by atoms with Crippen molar-refractivity contribution in [2.75, 3.05) is 0 Å². The molecule has 0 aliphatic rings. The van der Waals surface area contributed by atoms with Crippen LogP contribution < -0.4 is 4.80 Å². The van der Waals surface area contributed by atoms with Gasteiger partial charge in [0.15, 0.2) is 0 Å². The van der Waals surface area contributed by atoms with Gasteiger partial charge < -0.3 is 0 Å². The first kappa shape index (κ1) is 13.3. The fourth-order valence-electron chi connectivity index (χ4n) is 1.44. The smallest absolute Gasteiger partial charge is 0.203 e. The highest BCUT2D eigenvalue weighted by Crippen LogP contribution is 2.21. The molecule has 0 radical (unpaired) electrons. The molecule has 0 saturated heterocycles. The van der Waals surface area contributed by atoms with Gasteiger partial charge in [-0.25, -0.2) is 4.68 Å². The number of benzene rings is 1. The van der Waals surface area contributed by atoms with Gasteiger partial charge in [0.1, 0.15) is 5.01 Å². The Morgan fingerprint density at radius 3 is 2.39 bits per heavy atom. The predicted octanol–water partition coefficient (Wildman–Crippen LogP) is 3.50. The van der Waals surface area contributed by atoms with Crippen LogP contribution in [0.5, 0.6) is 0 Å². The third-order valence-corrected chi connectivity index (χ3v) is 3.53. The summed E-state index contributed by atoms with van der Waals surface area (Å²) in [6.45, 7) is 6.23. The minimum absolute atomic E-state index is 0.0957. The fraction of sp³-hybridized carbons (Fsp3) is 0.385. The first-order chi connectivity index (χ1) is 8.35. The molecule has 96 valence electrons. The summed E-state index contributed by atoms with van der Waals surface area (Å²) in [5, 5.41) is 6.18. The van der Waals surface area contributed by atoms with E-state index < -0.39 is 0 Å². The van der Waals surface area contributed by atoms with E-state index in [2.05, 4.69) is 30.9 Å². The largest absolute Gasteiger partial charge is 0.252 e. The summed E-state index contributed by atoms with van der Waals surface area (Å²) in [4.78, 5) is 5.57. The third-order valence-electron chi connectivity index (χ3n) is 2.23. The third kappa shape index (κ3) is 3.21. The van der Waals surface area contributed by atoms with Gasteiger partial charge in [-0.3, -0.25) is 4.99 Å². The van der Waals surface area contributed by atoms with Crippen LogP contribution in [0.15, 0.2) is 29.3 Å². The molecular weight excluding hydrogens is 266 g/mol. The highest BCUT2D eigenvalue weighted by atomic mass is 35.5. The van der Waals surface area contributed by atoms with Crippen molar-refractivity contribution in [1.29, 1.82) is 0 Å². The molecule has 3 nitrogen and oxygen atoms in total. The maximum atomic E-state index is 5.88. The van der Waals surface area contributed by atoms with Crippen LogP contribution in [0.25, 0.3) is 10.6 Å². The molecule has 2 aromatic rings. The molecule has 1 heterocycles. The molecule has 1 aromatic carbocycles. The Morgan fingerprint density at radius 1 is 1.22 bits per heavy atom. The van der Waals surface area contributed by atoms with Gasteiger partial charge in [0, 0.05) is 17.6 Å². The molecular formula is C13H16ClN3S. The van der Waals surface area contributed by atoms with Crippen LogP contribution in [0.1, 0.15) is 20.8 Å². The standard InChI is InChI=1S/C13H16ClN3S/c1-13(2,3)15-12-17(4)16-11(18-12)9-5-7-10(14)8-6-9/h5-8H,1-4H3/b15-12-. The summed E-state index contributed by atoms with van der Waals surface area (Å²) < 4.78 is 1.82. The number of nitrogens with zero attached hydrogens (tertiary/aromatic N) is 3. The van der Waals surface area contributed by atoms with Gasteiger partial charge in [0.25, 0.3) is 0 Å². The van der Waals surface area contributed by atoms with Crippen molar-refractivity contribution >= 4 is 22.9 Å². The lowest BCUT2D eigenvalue weighted by molar-refractivity contribution is 0.550. The topological polar surface area (TPSA) is 30.2 Å². The molecule has 1 aromatic heterocycles. The Kier molecular flexibility index (Phi) is 3.59. The van der Waals surface area contributed by atoms with E-state index in [-0.39, 0.29) is 5.54 Å². The summed E-state index contributed by atoms with van der Waals surface area (Å²) >= 11 is 7.47. The van der Waals surface area contributed by atoms with Gasteiger partial charge in [-0.2, -0.15) is 5.10 Å². The number of halogens is 1. The van der Waals surface area contributed by atoms with Crippen LogP contribution in [0.3, 0.4) is 0 Å². The minimum Gasteiger partial charge on any atom is -0.252 e. The van der Waals surface area contributed by atoms with E-state index in [0.29, 0.717) is 0 Å². The van der Waals surface area contributed by atoms with Crippen LogP contribution in [0, 0.1) is 0 Å². The van der Waals surface area contributed by atoms with E-state index >= 15 is 0 Å². The Morgan fingerprint density at radius 2 is 1.83 bits per heavy atom. The molecule has 0 aliphatic heterocycles. The highest BCUT2D eigenvalue weighted by Gasteiger charge is 2.10. The lowest BCUT2D eigenvalue weighted by Gasteiger charge is -2.09. The fourth-order valence-corrected chi connectivity index (χ4v) is 2.65. The van der Waals surface area contributed by atoms with Gasteiger partial charge in [-0.1, -0.05) is 35.1 Å². The molecule has 0 fully saturated rings.